The Morgan fingerprint density at radius 2 is 2.09 bits per heavy atom. The number of hydrogen-bond acceptors (Lipinski definition) is 3. The first-order valence-corrected chi connectivity index (χ1v) is 12.6. The first-order chi connectivity index (χ1) is 17.2. The highest BCUT2D eigenvalue weighted by molar-refractivity contribution is 5.91. The van der Waals surface area contributed by atoms with Crippen LogP contribution >= 0.6 is 0 Å². The molecular weight excluding hydrogens is 430 g/mol. The van der Waals surface area contributed by atoms with Gasteiger partial charge in [0.05, 0.1) is 23.2 Å². The van der Waals surface area contributed by atoms with Crippen LogP contribution in [-0.4, -0.2) is 16.4 Å². The lowest BCUT2D eigenvalue weighted by molar-refractivity contribution is 0.0633. The molecule has 2 aliphatic heterocycles. The van der Waals surface area contributed by atoms with Crippen molar-refractivity contribution in [3.05, 3.63) is 95.5 Å². The third-order valence-electron chi connectivity index (χ3n) is 8.42. The van der Waals surface area contributed by atoms with Gasteiger partial charge in [-0.3, -0.25) is 4.99 Å². The lowest BCUT2D eigenvalue weighted by atomic mass is 9.72. The van der Waals surface area contributed by atoms with Crippen molar-refractivity contribution in [3.8, 4) is 11.8 Å². The van der Waals surface area contributed by atoms with E-state index < -0.39 is 0 Å². The fraction of sp³-hybridized carbons (Fsp3) is 0.290. The van der Waals surface area contributed by atoms with Crippen molar-refractivity contribution >= 4 is 23.2 Å². The minimum atomic E-state index is -0.204. The molecule has 0 N–H and O–H groups in total. The monoisotopic (exact) mass is 457 g/mol. The van der Waals surface area contributed by atoms with Gasteiger partial charge in [0.2, 0.25) is 0 Å². The fourth-order valence-electron chi connectivity index (χ4n) is 6.73. The largest absolute Gasteiger partial charge is 0.487 e. The second-order valence-electron chi connectivity index (χ2n) is 10.4. The number of ether oxygens (including phenoxy) is 1. The Bertz CT molecular complexity index is 1510. The zero-order valence-corrected chi connectivity index (χ0v) is 19.8. The molecule has 0 amide bonds. The van der Waals surface area contributed by atoms with Gasteiger partial charge in [0, 0.05) is 47.3 Å². The summed E-state index contributed by atoms with van der Waals surface area (Å²) in [5.41, 5.74) is 5.87. The molecule has 4 heteroatoms. The first kappa shape index (κ1) is 20.5. The van der Waals surface area contributed by atoms with E-state index in [4.69, 9.17) is 4.74 Å². The van der Waals surface area contributed by atoms with Crippen LogP contribution in [0.3, 0.4) is 0 Å². The third kappa shape index (κ3) is 3.01. The molecule has 172 valence electrons. The maximum absolute atomic E-state index is 9.68. The predicted molar refractivity (Wildman–Crippen MR) is 139 cm³/mol. The molecule has 5 atom stereocenters. The zero-order valence-electron chi connectivity index (χ0n) is 19.8. The second kappa shape index (κ2) is 7.58. The molecule has 1 saturated heterocycles. The number of nitrogens with zero attached hydrogens (tertiary/aromatic N) is 3. The summed E-state index contributed by atoms with van der Waals surface area (Å²) >= 11 is 0. The molecule has 4 unspecified atom stereocenters. The topological polar surface area (TPSA) is 50.3 Å². The summed E-state index contributed by atoms with van der Waals surface area (Å²) in [6, 6.07) is 19.7. The SMILES string of the molecule is C[C@]12C=CCCC1C1Cc3c(n(-c4cccc(C5C=NC=CC5C#N)c4)c4ccccc34)C=C1O2. The lowest BCUT2D eigenvalue weighted by Gasteiger charge is -2.31. The van der Waals surface area contributed by atoms with E-state index >= 15 is 0 Å². The van der Waals surface area contributed by atoms with Crippen molar-refractivity contribution in [2.24, 2.45) is 22.7 Å². The first-order valence-electron chi connectivity index (χ1n) is 12.6. The van der Waals surface area contributed by atoms with Gasteiger partial charge in [-0.05, 0) is 67.7 Å². The van der Waals surface area contributed by atoms with Crippen molar-refractivity contribution in [3.63, 3.8) is 0 Å². The van der Waals surface area contributed by atoms with Gasteiger partial charge < -0.3 is 9.30 Å². The Morgan fingerprint density at radius 3 is 3.00 bits per heavy atom. The van der Waals surface area contributed by atoms with E-state index in [1.807, 2.05) is 12.3 Å². The molecule has 7 rings (SSSR count). The van der Waals surface area contributed by atoms with E-state index in [2.05, 4.69) is 89.3 Å². The molecule has 0 radical (unpaired) electrons. The van der Waals surface area contributed by atoms with Gasteiger partial charge in [0.1, 0.15) is 11.4 Å². The maximum atomic E-state index is 9.68. The number of hydrogen-bond donors (Lipinski definition) is 0. The summed E-state index contributed by atoms with van der Waals surface area (Å²) in [6.45, 7) is 2.25. The highest BCUT2D eigenvalue weighted by Crippen LogP contribution is 2.53. The third-order valence-corrected chi connectivity index (χ3v) is 8.42. The van der Waals surface area contributed by atoms with Crippen LogP contribution in [0.15, 0.2) is 83.7 Å². The Morgan fingerprint density at radius 1 is 1.17 bits per heavy atom. The number of fused-ring (bicyclic) bond motifs is 6. The van der Waals surface area contributed by atoms with Gasteiger partial charge >= 0.3 is 0 Å². The van der Waals surface area contributed by atoms with Gasteiger partial charge in [-0.2, -0.15) is 5.26 Å². The molecule has 4 aliphatic rings. The molecular formula is C31H27N3O. The molecule has 1 fully saturated rings. The van der Waals surface area contributed by atoms with Gasteiger partial charge in [-0.25, -0.2) is 0 Å². The van der Waals surface area contributed by atoms with Crippen molar-refractivity contribution in [2.45, 2.75) is 37.7 Å². The standard InChI is InChI=1S/C31H27N3O/c1-31-13-5-4-10-27(31)25-16-24-23-9-2-3-11-28(23)34(29(24)17-30(25)35-31)22-8-6-7-20(15-22)26-19-33-14-12-21(26)18-32/h2-3,5-9,11-15,17,19,21,25-27H,4,10,16H2,1H3/t21?,25?,26?,27?,31-/m0/s1. The number of benzene rings is 2. The molecule has 2 aliphatic carbocycles. The second-order valence-corrected chi connectivity index (χ2v) is 10.4. The number of aromatic nitrogens is 1. The maximum Gasteiger partial charge on any atom is 0.127 e. The summed E-state index contributed by atoms with van der Waals surface area (Å²) < 4.78 is 9.02. The van der Waals surface area contributed by atoms with Crippen LogP contribution in [0.25, 0.3) is 22.7 Å². The van der Waals surface area contributed by atoms with Crippen LogP contribution in [0, 0.1) is 29.1 Å². The lowest BCUT2D eigenvalue weighted by Crippen LogP contribution is -2.34. The van der Waals surface area contributed by atoms with Gasteiger partial charge in [0.25, 0.3) is 0 Å². The van der Waals surface area contributed by atoms with Crippen LogP contribution in [0.2, 0.25) is 0 Å². The number of aliphatic imine (C=N–C) groups is 1. The van der Waals surface area contributed by atoms with Crippen molar-refractivity contribution in [1.29, 1.82) is 5.26 Å². The van der Waals surface area contributed by atoms with E-state index in [1.165, 1.54) is 28.6 Å². The molecule has 0 saturated carbocycles. The van der Waals surface area contributed by atoms with Gasteiger partial charge in [-0.1, -0.05) is 36.4 Å². The minimum absolute atomic E-state index is 0.0432. The van der Waals surface area contributed by atoms with Crippen LogP contribution in [-0.2, 0) is 11.2 Å². The minimum Gasteiger partial charge on any atom is -0.487 e. The predicted octanol–water partition coefficient (Wildman–Crippen LogP) is 6.72. The van der Waals surface area contributed by atoms with Gasteiger partial charge in [0.15, 0.2) is 0 Å². The van der Waals surface area contributed by atoms with Crippen LogP contribution in [0.4, 0.5) is 0 Å². The Balaban J connectivity index is 1.39. The number of allylic oxidation sites excluding steroid dienone is 3. The molecule has 4 nitrogen and oxygen atoms in total. The Kier molecular flexibility index (Phi) is 4.45. The molecule has 3 aromatic rings. The van der Waals surface area contributed by atoms with Crippen LogP contribution < -0.4 is 0 Å². The summed E-state index contributed by atoms with van der Waals surface area (Å²) in [5.74, 6) is 1.85. The van der Waals surface area contributed by atoms with E-state index in [0.717, 1.165) is 29.9 Å². The van der Waals surface area contributed by atoms with Crippen molar-refractivity contribution < 1.29 is 4.74 Å². The zero-order chi connectivity index (χ0) is 23.6. The summed E-state index contributed by atoms with van der Waals surface area (Å²) in [5, 5.41) is 11.0. The highest BCUT2D eigenvalue weighted by Gasteiger charge is 2.50. The quantitative estimate of drug-likeness (QED) is 0.401. The smallest absolute Gasteiger partial charge is 0.127 e. The Labute approximate surface area is 205 Å². The van der Waals surface area contributed by atoms with E-state index in [9.17, 15) is 5.26 Å². The number of para-hydroxylation sites is 1. The summed E-state index contributed by atoms with van der Waals surface area (Å²) in [4.78, 5) is 4.33. The highest BCUT2D eigenvalue weighted by atomic mass is 16.5. The fourth-order valence-corrected chi connectivity index (χ4v) is 6.73. The summed E-state index contributed by atoms with van der Waals surface area (Å²) in [7, 11) is 0. The number of nitriles is 1. The average molecular weight is 458 g/mol. The molecule has 1 aromatic heterocycles. The van der Waals surface area contributed by atoms with Gasteiger partial charge in [-0.15, -0.1) is 0 Å². The normalized spacial score (nSPS) is 30.2. The van der Waals surface area contributed by atoms with Crippen LogP contribution in [0.5, 0.6) is 0 Å². The molecule has 35 heavy (non-hydrogen) atoms. The molecule has 3 heterocycles. The Hall–Kier alpha value is -3.84. The van der Waals surface area contributed by atoms with Crippen LogP contribution in [0.1, 0.15) is 42.5 Å². The van der Waals surface area contributed by atoms with Crippen molar-refractivity contribution in [1.82, 2.24) is 4.57 Å². The summed E-state index contributed by atoms with van der Waals surface area (Å²) in [6.07, 6.45) is 15.7. The van der Waals surface area contributed by atoms with E-state index in [0.29, 0.717) is 11.8 Å². The molecule has 2 aromatic carbocycles. The molecule has 0 bridgehead atoms. The molecule has 0 spiro atoms. The van der Waals surface area contributed by atoms with E-state index in [-0.39, 0.29) is 17.4 Å². The average Bonchev–Trinajstić information content (AvgIpc) is 3.38. The van der Waals surface area contributed by atoms with Crippen molar-refractivity contribution in [2.75, 3.05) is 0 Å². The number of rotatable bonds is 2. The van der Waals surface area contributed by atoms with E-state index in [1.54, 1.807) is 6.20 Å².